The molecule has 0 unspecified atom stereocenters. The van der Waals surface area contributed by atoms with Crippen molar-refractivity contribution in [3.63, 3.8) is 0 Å². The lowest BCUT2D eigenvalue weighted by Crippen LogP contribution is -2.47. The number of nitrogens with zero attached hydrogens (tertiary/aromatic N) is 3. The summed E-state index contributed by atoms with van der Waals surface area (Å²) >= 11 is 0. The third kappa shape index (κ3) is 3.93. The summed E-state index contributed by atoms with van der Waals surface area (Å²) in [5.41, 5.74) is 2.03. The van der Waals surface area contributed by atoms with Crippen LogP contribution < -0.4 is 4.90 Å². The van der Waals surface area contributed by atoms with Crippen molar-refractivity contribution in [2.24, 2.45) is 5.92 Å². The summed E-state index contributed by atoms with van der Waals surface area (Å²) in [5.74, 6) is 1.75. The molecule has 2 rings (SSSR count). The minimum Gasteiger partial charge on any atom is -0.392 e. The van der Waals surface area contributed by atoms with Gasteiger partial charge in [-0.05, 0) is 30.0 Å². The molecular formula is C16H27N3O. The van der Waals surface area contributed by atoms with Crippen molar-refractivity contribution in [1.29, 1.82) is 0 Å². The van der Waals surface area contributed by atoms with Gasteiger partial charge in [0, 0.05) is 38.4 Å². The highest BCUT2D eigenvalue weighted by Gasteiger charge is 2.19. The van der Waals surface area contributed by atoms with Crippen LogP contribution in [0.4, 0.5) is 5.82 Å². The summed E-state index contributed by atoms with van der Waals surface area (Å²) in [6.07, 6.45) is 0.911. The summed E-state index contributed by atoms with van der Waals surface area (Å²) in [4.78, 5) is 9.57. The Kier molecular flexibility index (Phi) is 5.38. The van der Waals surface area contributed by atoms with Gasteiger partial charge in [0.2, 0.25) is 0 Å². The summed E-state index contributed by atoms with van der Waals surface area (Å²) in [7, 11) is 0. The van der Waals surface area contributed by atoms with Gasteiger partial charge in [-0.2, -0.15) is 0 Å². The monoisotopic (exact) mass is 277 g/mol. The second-order valence-corrected chi connectivity index (χ2v) is 6.02. The van der Waals surface area contributed by atoms with Crippen LogP contribution in [0.3, 0.4) is 0 Å². The van der Waals surface area contributed by atoms with Gasteiger partial charge in [-0.15, -0.1) is 0 Å². The lowest BCUT2D eigenvalue weighted by atomic mass is 10.1. The molecule has 0 aliphatic carbocycles. The number of aliphatic hydroxyl groups is 1. The van der Waals surface area contributed by atoms with Crippen LogP contribution in [0.5, 0.6) is 0 Å². The molecule has 2 heterocycles. The molecule has 4 nitrogen and oxygen atoms in total. The molecule has 0 aromatic carbocycles. The average Bonchev–Trinajstić information content (AvgIpc) is 2.46. The lowest BCUT2D eigenvalue weighted by molar-refractivity contribution is 0.231. The van der Waals surface area contributed by atoms with Crippen LogP contribution in [0.25, 0.3) is 0 Å². The molecule has 1 aromatic rings. The van der Waals surface area contributed by atoms with Gasteiger partial charge in [-0.1, -0.05) is 20.8 Å². The van der Waals surface area contributed by atoms with E-state index in [0.29, 0.717) is 0 Å². The van der Waals surface area contributed by atoms with Gasteiger partial charge < -0.3 is 10.0 Å². The molecule has 1 fully saturated rings. The van der Waals surface area contributed by atoms with Crippen molar-refractivity contribution >= 4 is 5.82 Å². The van der Waals surface area contributed by atoms with E-state index in [1.54, 1.807) is 0 Å². The molecule has 0 amide bonds. The van der Waals surface area contributed by atoms with E-state index in [1.807, 2.05) is 12.1 Å². The Morgan fingerprint density at radius 2 is 1.90 bits per heavy atom. The van der Waals surface area contributed by atoms with Crippen LogP contribution in [-0.4, -0.2) is 47.7 Å². The molecule has 1 aliphatic rings. The third-order valence-electron chi connectivity index (χ3n) is 3.79. The van der Waals surface area contributed by atoms with E-state index in [9.17, 15) is 5.11 Å². The number of hydrogen-bond acceptors (Lipinski definition) is 4. The SMILES string of the molecule is CCc1cc(CO)cc(N2CCN(CC(C)C)CC2)n1. The Hall–Kier alpha value is -1.13. The first-order valence-corrected chi connectivity index (χ1v) is 7.70. The summed E-state index contributed by atoms with van der Waals surface area (Å²) < 4.78 is 0. The number of pyridine rings is 1. The zero-order chi connectivity index (χ0) is 14.5. The molecule has 0 bridgehead atoms. The first-order valence-electron chi connectivity index (χ1n) is 7.70. The molecule has 4 heteroatoms. The maximum atomic E-state index is 9.37. The van der Waals surface area contributed by atoms with E-state index in [4.69, 9.17) is 4.98 Å². The summed E-state index contributed by atoms with van der Waals surface area (Å²) in [5, 5.41) is 9.37. The minimum absolute atomic E-state index is 0.0931. The highest BCUT2D eigenvalue weighted by Crippen LogP contribution is 2.18. The number of anilines is 1. The van der Waals surface area contributed by atoms with Crippen LogP contribution in [0.1, 0.15) is 32.0 Å². The number of aromatic nitrogens is 1. The van der Waals surface area contributed by atoms with Crippen LogP contribution in [0.2, 0.25) is 0 Å². The van der Waals surface area contributed by atoms with Gasteiger partial charge in [0.25, 0.3) is 0 Å². The minimum atomic E-state index is 0.0931. The first kappa shape index (κ1) is 15.3. The molecule has 1 saturated heterocycles. The highest BCUT2D eigenvalue weighted by atomic mass is 16.3. The van der Waals surface area contributed by atoms with E-state index in [2.05, 4.69) is 30.6 Å². The lowest BCUT2D eigenvalue weighted by Gasteiger charge is -2.36. The Bertz CT molecular complexity index is 403. The Morgan fingerprint density at radius 1 is 1.20 bits per heavy atom. The van der Waals surface area contributed by atoms with Crippen LogP contribution in [-0.2, 0) is 13.0 Å². The Labute approximate surface area is 122 Å². The van der Waals surface area contributed by atoms with Gasteiger partial charge in [0.15, 0.2) is 0 Å². The maximum Gasteiger partial charge on any atom is 0.129 e. The van der Waals surface area contributed by atoms with Crippen molar-refractivity contribution < 1.29 is 5.11 Å². The Balaban J connectivity index is 2.02. The van der Waals surface area contributed by atoms with E-state index in [1.165, 1.54) is 6.54 Å². The molecule has 1 aromatic heterocycles. The number of aryl methyl sites for hydroxylation is 1. The molecule has 1 aliphatic heterocycles. The predicted molar refractivity (Wildman–Crippen MR) is 83.0 cm³/mol. The van der Waals surface area contributed by atoms with Crippen LogP contribution >= 0.6 is 0 Å². The molecule has 0 saturated carbocycles. The van der Waals surface area contributed by atoms with Crippen LogP contribution in [0.15, 0.2) is 12.1 Å². The van der Waals surface area contributed by atoms with Crippen molar-refractivity contribution in [2.75, 3.05) is 37.6 Å². The van der Waals surface area contributed by atoms with Gasteiger partial charge in [-0.3, -0.25) is 4.90 Å². The zero-order valence-corrected chi connectivity index (χ0v) is 13.0. The highest BCUT2D eigenvalue weighted by molar-refractivity contribution is 5.43. The topological polar surface area (TPSA) is 39.6 Å². The van der Waals surface area contributed by atoms with E-state index in [-0.39, 0.29) is 6.61 Å². The van der Waals surface area contributed by atoms with E-state index < -0.39 is 0 Å². The summed E-state index contributed by atoms with van der Waals surface area (Å²) in [6.45, 7) is 12.2. The fraction of sp³-hybridized carbons (Fsp3) is 0.688. The van der Waals surface area contributed by atoms with Gasteiger partial charge >= 0.3 is 0 Å². The van der Waals surface area contributed by atoms with Crippen molar-refractivity contribution in [3.8, 4) is 0 Å². The summed E-state index contributed by atoms with van der Waals surface area (Å²) in [6, 6.07) is 4.02. The van der Waals surface area contributed by atoms with Crippen molar-refractivity contribution in [2.45, 2.75) is 33.8 Å². The largest absolute Gasteiger partial charge is 0.392 e. The smallest absolute Gasteiger partial charge is 0.129 e. The normalized spacial score (nSPS) is 16.9. The molecule has 112 valence electrons. The predicted octanol–water partition coefficient (Wildman–Crippen LogP) is 1.91. The van der Waals surface area contributed by atoms with Crippen molar-refractivity contribution in [3.05, 3.63) is 23.4 Å². The second kappa shape index (κ2) is 7.04. The maximum absolute atomic E-state index is 9.37. The fourth-order valence-corrected chi connectivity index (χ4v) is 2.74. The van der Waals surface area contributed by atoms with Gasteiger partial charge in [0.1, 0.15) is 5.82 Å². The fourth-order valence-electron chi connectivity index (χ4n) is 2.74. The Morgan fingerprint density at radius 3 is 2.45 bits per heavy atom. The molecule has 0 radical (unpaired) electrons. The molecule has 20 heavy (non-hydrogen) atoms. The average molecular weight is 277 g/mol. The molecule has 0 atom stereocenters. The molecule has 0 spiro atoms. The molecule has 1 N–H and O–H groups in total. The number of piperazine rings is 1. The number of hydrogen-bond donors (Lipinski definition) is 1. The van der Waals surface area contributed by atoms with E-state index in [0.717, 1.165) is 55.6 Å². The third-order valence-corrected chi connectivity index (χ3v) is 3.79. The molecular weight excluding hydrogens is 250 g/mol. The second-order valence-electron chi connectivity index (χ2n) is 6.02. The van der Waals surface area contributed by atoms with Gasteiger partial charge in [0.05, 0.1) is 6.61 Å². The van der Waals surface area contributed by atoms with Crippen LogP contribution in [0, 0.1) is 5.92 Å². The standard InChI is InChI=1S/C16H27N3O/c1-4-15-9-14(12-20)10-16(17-15)19-7-5-18(6-8-19)11-13(2)3/h9-10,13,20H,4-8,11-12H2,1-3H3. The first-order chi connectivity index (χ1) is 9.62. The zero-order valence-electron chi connectivity index (χ0n) is 13.0. The van der Waals surface area contributed by atoms with Gasteiger partial charge in [-0.25, -0.2) is 4.98 Å². The number of aliphatic hydroxyl groups excluding tert-OH is 1. The quantitative estimate of drug-likeness (QED) is 0.892. The number of rotatable bonds is 5. The van der Waals surface area contributed by atoms with Crippen molar-refractivity contribution in [1.82, 2.24) is 9.88 Å². The van der Waals surface area contributed by atoms with E-state index >= 15 is 0 Å².